The van der Waals surface area contributed by atoms with Crippen molar-refractivity contribution in [3.63, 3.8) is 0 Å². The summed E-state index contributed by atoms with van der Waals surface area (Å²) in [7, 11) is 1.09. The first-order valence-electron chi connectivity index (χ1n) is 3.39. The molecule has 1 rings (SSSR count). The zero-order valence-electron chi connectivity index (χ0n) is 6.80. The van der Waals surface area contributed by atoms with E-state index in [1.165, 1.54) is 0 Å². The summed E-state index contributed by atoms with van der Waals surface area (Å²) < 4.78 is 29.7. The van der Waals surface area contributed by atoms with Crippen LogP contribution in [0.4, 0.5) is 14.5 Å². The maximum atomic E-state index is 12.9. The van der Waals surface area contributed by atoms with E-state index in [2.05, 4.69) is 4.74 Å². The molecule has 0 atom stereocenters. The number of anilines is 1. The molecule has 0 unspecified atom stereocenters. The zero-order valence-corrected chi connectivity index (χ0v) is 6.80. The zero-order chi connectivity index (χ0) is 10.0. The Kier molecular flexibility index (Phi) is 2.46. The minimum Gasteiger partial charge on any atom is -0.465 e. The summed E-state index contributed by atoms with van der Waals surface area (Å²) in [4.78, 5) is 10.9. The van der Waals surface area contributed by atoms with Gasteiger partial charge < -0.3 is 10.5 Å². The van der Waals surface area contributed by atoms with Gasteiger partial charge in [0, 0.05) is 6.07 Å². The monoisotopic (exact) mass is 187 g/mol. The van der Waals surface area contributed by atoms with Gasteiger partial charge in [-0.3, -0.25) is 0 Å². The van der Waals surface area contributed by atoms with Gasteiger partial charge in [0.05, 0.1) is 12.8 Å². The first-order valence-corrected chi connectivity index (χ1v) is 3.39. The number of hydrogen-bond donors (Lipinski definition) is 1. The van der Waals surface area contributed by atoms with Gasteiger partial charge >= 0.3 is 5.97 Å². The van der Waals surface area contributed by atoms with Crippen molar-refractivity contribution in [1.29, 1.82) is 0 Å². The van der Waals surface area contributed by atoms with Crippen molar-refractivity contribution >= 4 is 11.7 Å². The molecular weight excluding hydrogens is 180 g/mol. The fraction of sp³-hybridized carbons (Fsp3) is 0.125. The molecule has 0 aliphatic heterocycles. The van der Waals surface area contributed by atoms with Gasteiger partial charge in [-0.1, -0.05) is 0 Å². The van der Waals surface area contributed by atoms with Gasteiger partial charge in [0.2, 0.25) is 0 Å². The third-order valence-corrected chi connectivity index (χ3v) is 1.48. The predicted octanol–water partition coefficient (Wildman–Crippen LogP) is 1.33. The second-order valence-corrected chi connectivity index (χ2v) is 2.34. The average Bonchev–Trinajstić information content (AvgIpc) is 2.02. The van der Waals surface area contributed by atoms with Crippen molar-refractivity contribution < 1.29 is 18.3 Å². The molecule has 3 nitrogen and oxygen atoms in total. The number of nitrogen functional groups attached to an aromatic ring is 1. The number of benzene rings is 1. The van der Waals surface area contributed by atoms with E-state index in [0.717, 1.165) is 13.2 Å². The van der Waals surface area contributed by atoms with E-state index in [4.69, 9.17) is 5.73 Å². The van der Waals surface area contributed by atoms with Gasteiger partial charge in [0.1, 0.15) is 17.2 Å². The Hall–Kier alpha value is -1.65. The fourth-order valence-electron chi connectivity index (χ4n) is 0.911. The largest absolute Gasteiger partial charge is 0.465 e. The van der Waals surface area contributed by atoms with Crippen LogP contribution < -0.4 is 5.73 Å². The predicted molar refractivity (Wildman–Crippen MR) is 42.1 cm³/mol. The summed E-state index contributed by atoms with van der Waals surface area (Å²) in [6.45, 7) is 0. The van der Waals surface area contributed by atoms with Crippen LogP contribution in [-0.2, 0) is 4.74 Å². The summed E-state index contributed by atoms with van der Waals surface area (Å²) in [5.41, 5.74) is 4.50. The van der Waals surface area contributed by atoms with Crippen LogP contribution in [0.5, 0.6) is 0 Å². The summed E-state index contributed by atoms with van der Waals surface area (Å²) in [5, 5.41) is 0. The topological polar surface area (TPSA) is 52.3 Å². The van der Waals surface area contributed by atoms with Crippen LogP contribution in [0.3, 0.4) is 0 Å². The van der Waals surface area contributed by atoms with Crippen LogP contribution in [0.1, 0.15) is 10.4 Å². The van der Waals surface area contributed by atoms with Crippen molar-refractivity contribution in [2.45, 2.75) is 0 Å². The average molecular weight is 187 g/mol. The Bertz CT molecular complexity index is 329. The first-order chi connectivity index (χ1) is 6.06. The minimum atomic E-state index is -1.02. The highest BCUT2D eigenvalue weighted by atomic mass is 19.1. The van der Waals surface area contributed by atoms with E-state index in [0.29, 0.717) is 6.07 Å². The molecule has 5 heteroatoms. The number of nitrogens with two attached hydrogens (primary N) is 1. The molecule has 0 saturated carbocycles. The van der Waals surface area contributed by atoms with Crippen LogP contribution in [0.15, 0.2) is 12.1 Å². The molecule has 0 saturated heterocycles. The van der Waals surface area contributed by atoms with Crippen molar-refractivity contribution in [2.75, 3.05) is 12.8 Å². The SMILES string of the molecule is COC(=O)c1c(N)cc(F)cc1F. The van der Waals surface area contributed by atoms with Crippen molar-refractivity contribution in [3.05, 3.63) is 29.3 Å². The number of hydrogen-bond acceptors (Lipinski definition) is 3. The molecular formula is C8H7F2NO2. The molecule has 0 aromatic heterocycles. The van der Waals surface area contributed by atoms with Gasteiger partial charge in [0.25, 0.3) is 0 Å². The van der Waals surface area contributed by atoms with Gasteiger partial charge in [-0.25, -0.2) is 13.6 Å². The summed E-state index contributed by atoms with van der Waals surface area (Å²) >= 11 is 0. The van der Waals surface area contributed by atoms with Crippen LogP contribution >= 0.6 is 0 Å². The number of carbonyl (C=O) groups excluding carboxylic acids is 1. The lowest BCUT2D eigenvalue weighted by Crippen LogP contribution is -2.09. The van der Waals surface area contributed by atoms with Gasteiger partial charge in [-0.2, -0.15) is 0 Å². The van der Waals surface area contributed by atoms with E-state index in [1.54, 1.807) is 0 Å². The second kappa shape index (κ2) is 3.38. The van der Waals surface area contributed by atoms with Crippen LogP contribution in [0.2, 0.25) is 0 Å². The molecule has 0 spiro atoms. The van der Waals surface area contributed by atoms with E-state index in [1.807, 2.05) is 0 Å². The molecule has 1 aromatic rings. The Balaban J connectivity index is 3.28. The van der Waals surface area contributed by atoms with Crippen LogP contribution in [0.25, 0.3) is 0 Å². The fourth-order valence-corrected chi connectivity index (χ4v) is 0.911. The normalized spacial score (nSPS) is 9.77. The number of esters is 1. The Labute approximate surface area is 73.1 Å². The number of carbonyl (C=O) groups is 1. The lowest BCUT2D eigenvalue weighted by atomic mass is 10.1. The minimum absolute atomic E-state index is 0.274. The molecule has 1 aromatic carbocycles. The van der Waals surface area contributed by atoms with Crippen LogP contribution in [-0.4, -0.2) is 13.1 Å². The van der Waals surface area contributed by atoms with E-state index in [9.17, 15) is 13.6 Å². The molecule has 0 bridgehead atoms. The molecule has 0 heterocycles. The third kappa shape index (κ3) is 1.74. The standard InChI is InChI=1S/C8H7F2NO2/c1-13-8(12)7-5(10)2-4(9)3-6(7)11/h2-3H,11H2,1H3. The molecule has 0 radical (unpaired) electrons. The van der Waals surface area contributed by atoms with E-state index >= 15 is 0 Å². The molecule has 0 fully saturated rings. The highest BCUT2D eigenvalue weighted by Gasteiger charge is 2.16. The lowest BCUT2D eigenvalue weighted by molar-refractivity contribution is 0.0596. The van der Waals surface area contributed by atoms with Crippen LogP contribution in [0, 0.1) is 11.6 Å². The van der Waals surface area contributed by atoms with Crippen molar-refractivity contribution in [3.8, 4) is 0 Å². The highest BCUT2D eigenvalue weighted by Crippen LogP contribution is 2.18. The third-order valence-electron chi connectivity index (χ3n) is 1.48. The quantitative estimate of drug-likeness (QED) is 0.533. The van der Waals surface area contributed by atoms with Gasteiger partial charge in [0.15, 0.2) is 0 Å². The smallest absolute Gasteiger partial charge is 0.342 e. The summed E-state index contributed by atoms with van der Waals surface area (Å²) in [6, 6.07) is 1.43. The Morgan fingerprint density at radius 1 is 1.46 bits per heavy atom. The van der Waals surface area contributed by atoms with Crippen molar-refractivity contribution in [1.82, 2.24) is 0 Å². The maximum absolute atomic E-state index is 12.9. The number of methoxy groups -OCH3 is 1. The number of ether oxygens (including phenoxy) is 1. The Morgan fingerprint density at radius 2 is 2.08 bits per heavy atom. The molecule has 0 amide bonds. The van der Waals surface area contributed by atoms with E-state index < -0.39 is 23.2 Å². The molecule has 0 aliphatic carbocycles. The number of rotatable bonds is 1. The maximum Gasteiger partial charge on any atom is 0.342 e. The molecule has 0 aliphatic rings. The second-order valence-electron chi connectivity index (χ2n) is 2.34. The van der Waals surface area contributed by atoms with E-state index in [-0.39, 0.29) is 5.69 Å². The Morgan fingerprint density at radius 3 is 2.54 bits per heavy atom. The highest BCUT2D eigenvalue weighted by molar-refractivity contribution is 5.95. The molecule has 70 valence electrons. The first kappa shape index (κ1) is 9.44. The van der Waals surface area contributed by atoms with Gasteiger partial charge in [-0.05, 0) is 6.07 Å². The molecule has 13 heavy (non-hydrogen) atoms. The summed E-state index contributed by atoms with van der Waals surface area (Å²) in [6.07, 6.45) is 0. The lowest BCUT2D eigenvalue weighted by Gasteiger charge is -2.04. The van der Waals surface area contributed by atoms with Gasteiger partial charge in [-0.15, -0.1) is 0 Å². The summed E-state index contributed by atoms with van der Waals surface area (Å²) in [5.74, 6) is -2.78. The molecule has 2 N–H and O–H groups in total. The number of halogens is 2. The van der Waals surface area contributed by atoms with Crippen molar-refractivity contribution in [2.24, 2.45) is 0 Å².